The third-order valence-electron chi connectivity index (χ3n) is 7.17. The van der Waals surface area contributed by atoms with Crippen LogP contribution in [0.4, 0.5) is 11.8 Å². The number of aromatic nitrogens is 7. The number of piperazine rings is 1. The van der Waals surface area contributed by atoms with E-state index < -0.39 is 5.54 Å². The molecular formula is C27H30N10. The van der Waals surface area contributed by atoms with Crippen LogP contribution in [0, 0.1) is 6.92 Å². The van der Waals surface area contributed by atoms with Crippen LogP contribution < -0.4 is 15.5 Å². The molecular weight excluding hydrogens is 464 g/mol. The van der Waals surface area contributed by atoms with E-state index in [0.717, 1.165) is 65.7 Å². The van der Waals surface area contributed by atoms with Crippen molar-refractivity contribution >= 4 is 17.3 Å². The van der Waals surface area contributed by atoms with E-state index in [9.17, 15) is 0 Å². The van der Waals surface area contributed by atoms with Gasteiger partial charge in [0.2, 0.25) is 5.95 Å². The summed E-state index contributed by atoms with van der Waals surface area (Å²) in [5, 5.41) is 8.70. The topological polar surface area (TPSA) is 106 Å². The third-order valence-corrected chi connectivity index (χ3v) is 7.17. The zero-order valence-corrected chi connectivity index (χ0v) is 21.3. The van der Waals surface area contributed by atoms with E-state index >= 15 is 0 Å². The van der Waals surface area contributed by atoms with Gasteiger partial charge in [-0.2, -0.15) is 10.2 Å². The second kappa shape index (κ2) is 8.97. The lowest BCUT2D eigenvalue weighted by Gasteiger charge is -2.35. The smallest absolute Gasteiger partial charge is 0.225 e. The molecule has 2 N–H and O–H groups in total. The fourth-order valence-corrected chi connectivity index (χ4v) is 4.83. The average Bonchev–Trinajstić information content (AvgIpc) is 3.55. The van der Waals surface area contributed by atoms with E-state index in [4.69, 9.17) is 5.73 Å². The molecule has 1 aliphatic rings. The van der Waals surface area contributed by atoms with Gasteiger partial charge in [-0.25, -0.2) is 19.5 Å². The number of nitrogens with two attached hydrogens (primary N) is 1. The van der Waals surface area contributed by atoms with E-state index in [1.165, 1.54) is 5.56 Å². The summed E-state index contributed by atoms with van der Waals surface area (Å²) >= 11 is 0. The van der Waals surface area contributed by atoms with Gasteiger partial charge >= 0.3 is 0 Å². The van der Waals surface area contributed by atoms with Gasteiger partial charge < -0.3 is 15.5 Å². The lowest BCUT2D eigenvalue weighted by atomic mass is 9.87. The maximum atomic E-state index is 6.69. The van der Waals surface area contributed by atoms with E-state index in [1.54, 1.807) is 11.0 Å². The highest BCUT2D eigenvalue weighted by molar-refractivity contribution is 5.77. The predicted molar refractivity (Wildman–Crippen MR) is 143 cm³/mol. The maximum absolute atomic E-state index is 6.69. The van der Waals surface area contributed by atoms with Crippen LogP contribution in [0.3, 0.4) is 0 Å². The maximum Gasteiger partial charge on any atom is 0.225 e. The van der Waals surface area contributed by atoms with Crippen LogP contribution in [-0.4, -0.2) is 60.5 Å². The molecule has 0 unspecified atom stereocenters. The van der Waals surface area contributed by atoms with Gasteiger partial charge in [0.1, 0.15) is 11.8 Å². The molecule has 1 atom stereocenters. The van der Waals surface area contributed by atoms with Crippen LogP contribution in [0.15, 0.2) is 67.6 Å². The van der Waals surface area contributed by atoms with Crippen molar-refractivity contribution in [3.8, 4) is 11.1 Å². The van der Waals surface area contributed by atoms with E-state index in [-0.39, 0.29) is 0 Å². The Kier molecular flexibility index (Phi) is 5.60. The van der Waals surface area contributed by atoms with Crippen molar-refractivity contribution in [3.05, 3.63) is 84.3 Å². The van der Waals surface area contributed by atoms with Crippen molar-refractivity contribution in [2.45, 2.75) is 19.4 Å². The molecule has 0 amide bonds. The Balaban J connectivity index is 1.17. The number of fused-ring (bicyclic) bond motifs is 1. The van der Waals surface area contributed by atoms with Gasteiger partial charge in [-0.05, 0) is 25.5 Å². The second-order valence-electron chi connectivity index (χ2n) is 9.86. The van der Waals surface area contributed by atoms with Crippen molar-refractivity contribution in [1.29, 1.82) is 0 Å². The number of anilines is 2. The van der Waals surface area contributed by atoms with Crippen molar-refractivity contribution in [3.63, 3.8) is 0 Å². The summed E-state index contributed by atoms with van der Waals surface area (Å²) in [5.74, 6) is 1.65. The molecule has 0 spiro atoms. The van der Waals surface area contributed by atoms with Gasteiger partial charge in [-0.1, -0.05) is 29.8 Å². The Morgan fingerprint density at radius 2 is 1.51 bits per heavy atom. The molecule has 10 heteroatoms. The number of nitrogens with zero attached hydrogens (tertiary/aromatic N) is 9. The highest BCUT2D eigenvalue weighted by Crippen LogP contribution is 2.29. The minimum atomic E-state index is -0.658. The largest absolute Gasteiger partial charge is 0.351 e. The normalized spacial score (nSPS) is 15.8. The molecule has 1 aliphatic heterocycles. The molecule has 1 aromatic carbocycles. The van der Waals surface area contributed by atoms with E-state index in [2.05, 4.69) is 72.2 Å². The fraction of sp³-hybridized carbons (Fsp3) is 0.296. The quantitative estimate of drug-likeness (QED) is 0.398. The zero-order chi connectivity index (χ0) is 25.6. The molecule has 0 saturated carbocycles. The Hall–Kier alpha value is -4.31. The number of hydrogen-bond acceptors (Lipinski definition) is 8. The summed E-state index contributed by atoms with van der Waals surface area (Å²) in [4.78, 5) is 18.5. The minimum Gasteiger partial charge on any atom is -0.351 e. The fourth-order valence-electron chi connectivity index (χ4n) is 4.83. The summed E-state index contributed by atoms with van der Waals surface area (Å²) < 4.78 is 3.69. The summed E-state index contributed by atoms with van der Waals surface area (Å²) in [5.41, 5.74) is 12.3. The molecule has 4 aromatic heterocycles. The SMILES string of the molecule is Cc1ccc([C@](C)(N)c2cnc(N3CCN(c4ncnn5cc(-c6cnn(C)c6)cc45)CC3)nc2)cc1. The van der Waals surface area contributed by atoms with Crippen LogP contribution >= 0.6 is 0 Å². The summed E-state index contributed by atoms with van der Waals surface area (Å²) in [6, 6.07) is 10.4. The van der Waals surface area contributed by atoms with Crippen molar-refractivity contribution in [2.24, 2.45) is 12.8 Å². The molecule has 6 rings (SSSR count). The molecule has 1 fully saturated rings. The molecule has 0 bridgehead atoms. The first-order valence-electron chi connectivity index (χ1n) is 12.4. The summed E-state index contributed by atoms with van der Waals surface area (Å²) in [7, 11) is 1.92. The van der Waals surface area contributed by atoms with Crippen molar-refractivity contribution in [1.82, 2.24) is 34.3 Å². The van der Waals surface area contributed by atoms with E-state index in [0.29, 0.717) is 0 Å². The van der Waals surface area contributed by atoms with Crippen LogP contribution in [0.5, 0.6) is 0 Å². The summed E-state index contributed by atoms with van der Waals surface area (Å²) in [6.45, 7) is 7.28. The lowest BCUT2D eigenvalue weighted by Crippen LogP contribution is -2.47. The van der Waals surface area contributed by atoms with Gasteiger partial charge in [0.15, 0.2) is 5.82 Å². The molecule has 0 radical (unpaired) electrons. The Bertz CT molecular complexity index is 1520. The lowest BCUT2D eigenvalue weighted by molar-refractivity contribution is 0.592. The molecule has 0 aliphatic carbocycles. The molecule has 37 heavy (non-hydrogen) atoms. The highest BCUT2D eigenvalue weighted by Gasteiger charge is 2.26. The molecule has 10 nitrogen and oxygen atoms in total. The number of benzene rings is 1. The van der Waals surface area contributed by atoms with Crippen molar-refractivity contribution in [2.75, 3.05) is 36.0 Å². The molecule has 188 valence electrons. The third kappa shape index (κ3) is 4.29. The summed E-state index contributed by atoms with van der Waals surface area (Å²) in [6.07, 6.45) is 11.2. The monoisotopic (exact) mass is 494 g/mol. The van der Waals surface area contributed by atoms with Gasteiger partial charge in [-0.15, -0.1) is 0 Å². The van der Waals surface area contributed by atoms with Gasteiger partial charge in [0, 0.05) is 74.7 Å². The highest BCUT2D eigenvalue weighted by atomic mass is 15.4. The van der Waals surface area contributed by atoms with Crippen LogP contribution in [0.2, 0.25) is 0 Å². The zero-order valence-electron chi connectivity index (χ0n) is 21.3. The Morgan fingerprint density at radius 1 is 0.811 bits per heavy atom. The van der Waals surface area contributed by atoms with E-state index in [1.807, 2.05) is 49.5 Å². The van der Waals surface area contributed by atoms with Crippen LogP contribution in [0.1, 0.15) is 23.6 Å². The second-order valence-corrected chi connectivity index (χ2v) is 9.86. The van der Waals surface area contributed by atoms with Crippen molar-refractivity contribution < 1.29 is 0 Å². The molecule has 5 heterocycles. The Labute approximate surface area is 215 Å². The number of rotatable bonds is 5. The van der Waals surface area contributed by atoms with Crippen LogP contribution in [0.25, 0.3) is 16.6 Å². The average molecular weight is 495 g/mol. The molecule has 5 aromatic rings. The first kappa shape index (κ1) is 23.1. The first-order valence-corrected chi connectivity index (χ1v) is 12.4. The van der Waals surface area contributed by atoms with Gasteiger partial charge in [0.25, 0.3) is 0 Å². The van der Waals surface area contributed by atoms with Gasteiger partial charge in [-0.3, -0.25) is 4.68 Å². The predicted octanol–water partition coefficient (Wildman–Crippen LogP) is 2.78. The van der Waals surface area contributed by atoms with Gasteiger partial charge in [0.05, 0.1) is 11.7 Å². The Morgan fingerprint density at radius 3 is 2.19 bits per heavy atom. The first-order chi connectivity index (χ1) is 17.9. The van der Waals surface area contributed by atoms with Crippen LogP contribution in [-0.2, 0) is 12.6 Å². The minimum absolute atomic E-state index is 0.658. The molecule has 1 saturated heterocycles. The number of aryl methyl sites for hydroxylation is 2. The standard InChI is InChI=1S/C27H30N10/c1-19-4-6-22(7-5-19)27(2,28)23-14-29-26(30-15-23)36-10-8-35(9-11-36)25-24-12-20(17-37(24)33-18-31-25)21-13-32-34(3)16-21/h4-7,12-18H,8-11,28H2,1-3H3/t27-/m0/s1. The number of hydrogen-bond donors (Lipinski definition) is 1.